The molecule has 0 aliphatic heterocycles. The SMILES string of the molecule is C=C=CCC(CO)c1ccccc1. The Morgan fingerprint density at radius 3 is 2.62 bits per heavy atom. The van der Waals surface area contributed by atoms with E-state index >= 15 is 0 Å². The van der Waals surface area contributed by atoms with Gasteiger partial charge in [-0.1, -0.05) is 36.9 Å². The highest BCUT2D eigenvalue weighted by Gasteiger charge is 2.06. The lowest BCUT2D eigenvalue weighted by atomic mass is 9.97. The monoisotopic (exact) mass is 174 g/mol. The fraction of sp³-hybridized carbons (Fsp3) is 0.250. The molecule has 0 heterocycles. The molecule has 1 nitrogen and oxygen atoms in total. The number of aliphatic hydroxyl groups excluding tert-OH is 1. The van der Waals surface area contributed by atoms with E-state index in [1.165, 1.54) is 0 Å². The molecule has 0 bridgehead atoms. The van der Waals surface area contributed by atoms with Crippen molar-refractivity contribution < 1.29 is 5.11 Å². The van der Waals surface area contributed by atoms with E-state index in [4.69, 9.17) is 5.11 Å². The maximum atomic E-state index is 9.14. The summed E-state index contributed by atoms with van der Waals surface area (Å²) < 4.78 is 0. The predicted octanol–water partition coefficient (Wildman–Crippen LogP) is 2.49. The summed E-state index contributed by atoms with van der Waals surface area (Å²) in [5, 5.41) is 9.14. The first kappa shape index (κ1) is 9.79. The summed E-state index contributed by atoms with van der Waals surface area (Å²) in [7, 11) is 0. The first-order chi connectivity index (χ1) is 6.38. The van der Waals surface area contributed by atoms with Crippen LogP contribution in [0.25, 0.3) is 0 Å². The summed E-state index contributed by atoms with van der Waals surface area (Å²) in [4.78, 5) is 0. The lowest BCUT2D eigenvalue weighted by molar-refractivity contribution is 0.266. The first-order valence-electron chi connectivity index (χ1n) is 4.38. The van der Waals surface area contributed by atoms with Crippen LogP contribution in [0.1, 0.15) is 17.9 Å². The van der Waals surface area contributed by atoms with Crippen LogP contribution in [-0.2, 0) is 0 Å². The summed E-state index contributed by atoms with van der Waals surface area (Å²) in [6, 6.07) is 9.99. The third-order valence-corrected chi connectivity index (χ3v) is 2.04. The Balaban J connectivity index is 2.72. The van der Waals surface area contributed by atoms with Gasteiger partial charge < -0.3 is 5.11 Å². The number of hydrogen-bond donors (Lipinski definition) is 1. The molecule has 0 amide bonds. The van der Waals surface area contributed by atoms with Crippen LogP contribution in [0.2, 0.25) is 0 Å². The number of rotatable bonds is 4. The van der Waals surface area contributed by atoms with E-state index in [-0.39, 0.29) is 12.5 Å². The Morgan fingerprint density at radius 1 is 1.38 bits per heavy atom. The van der Waals surface area contributed by atoms with Gasteiger partial charge >= 0.3 is 0 Å². The van der Waals surface area contributed by atoms with Crippen molar-refractivity contribution in [2.45, 2.75) is 12.3 Å². The zero-order chi connectivity index (χ0) is 9.52. The highest BCUT2D eigenvalue weighted by molar-refractivity contribution is 5.20. The fourth-order valence-corrected chi connectivity index (χ4v) is 1.27. The van der Waals surface area contributed by atoms with E-state index in [1.807, 2.05) is 36.4 Å². The molecular weight excluding hydrogens is 160 g/mol. The normalized spacial score (nSPS) is 11.8. The van der Waals surface area contributed by atoms with Gasteiger partial charge in [0.05, 0.1) is 6.61 Å². The molecule has 68 valence electrons. The number of aliphatic hydroxyl groups is 1. The number of allylic oxidation sites excluding steroid dienone is 1. The topological polar surface area (TPSA) is 20.2 Å². The van der Waals surface area contributed by atoms with Gasteiger partial charge in [0, 0.05) is 5.92 Å². The minimum Gasteiger partial charge on any atom is -0.396 e. The van der Waals surface area contributed by atoms with Crippen molar-refractivity contribution in [3.63, 3.8) is 0 Å². The second-order valence-corrected chi connectivity index (χ2v) is 2.93. The van der Waals surface area contributed by atoms with Gasteiger partial charge in [-0.2, -0.15) is 0 Å². The standard InChI is InChI=1S/C12H14O/c1-2-3-7-12(10-13)11-8-5-4-6-9-11/h3-6,8-9,12-13H,1,7,10H2. The fourth-order valence-electron chi connectivity index (χ4n) is 1.27. The molecule has 1 N–H and O–H groups in total. The maximum Gasteiger partial charge on any atom is 0.0502 e. The van der Waals surface area contributed by atoms with Crippen molar-refractivity contribution >= 4 is 0 Å². The molecule has 1 unspecified atom stereocenters. The lowest BCUT2D eigenvalue weighted by Gasteiger charge is -2.10. The van der Waals surface area contributed by atoms with E-state index in [0.29, 0.717) is 0 Å². The molecule has 0 aromatic heterocycles. The minimum atomic E-state index is 0.169. The van der Waals surface area contributed by atoms with Crippen molar-refractivity contribution in [2.24, 2.45) is 0 Å². The van der Waals surface area contributed by atoms with Gasteiger partial charge in [0.2, 0.25) is 0 Å². The van der Waals surface area contributed by atoms with E-state index < -0.39 is 0 Å². The van der Waals surface area contributed by atoms with Crippen LogP contribution >= 0.6 is 0 Å². The smallest absolute Gasteiger partial charge is 0.0502 e. The van der Waals surface area contributed by atoms with Crippen molar-refractivity contribution in [1.29, 1.82) is 0 Å². The van der Waals surface area contributed by atoms with Gasteiger partial charge in [0.1, 0.15) is 0 Å². The van der Waals surface area contributed by atoms with Crippen molar-refractivity contribution in [1.82, 2.24) is 0 Å². The average molecular weight is 174 g/mol. The van der Waals surface area contributed by atoms with Crippen LogP contribution in [0.15, 0.2) is 48.7 Å². The second kappa shape index (κ2) is 5.36. The van der Waals surface area contributed by atoms with Crippen LogP contribution < -0.4 is 0 Å². The Hall–Kier alpha value is -1.30. The largest absolute Gasteiger partial charge is 0.396 e. The molecule has 1 heteroatoms. The number of benzene rings is 1. The van der Waals surface area contributed by atoms with Crippen molar-refractivity contribution in [2.75, 3.05) is 6.61 Å². The summed E-state index contributed by atoms with van der Waals surface area (Å²) in [6.07, 6.45) is 2.65. The number of hydrogen-bond acceptors (Lipinski definition) is 1. The van der Waals surface area contributed by atoms with E-state index in [1.54, 1.807) is 0 Å². The first-order valence-corrected chi connectivity index (χ1v) is 4.38. The van der Waals surface area contributed by atoms with Crippen LogP contribution in [0.5, 0.6) is 0 Å². The molecule has 1 atom stereocenters. The third kappa shape index (κ3) is 2.90. The molecule has 0 fully saturated rings. The molecule has 0 saturated carbocycles. The minimum absolute atomic E-state index is 0.169. The Kier molecular flexibility index (Phi) is 4.04. The average Bonchev–Trinajstić information content (AvgIpc) is 2.21. The molecule has 1 aromatic carbocycles. The quantitative estimate of drug-likeness (QED) is 0.695. The maximum absolute atomic E-state index is 9.14. The zero-order valence-corrected chi connectivity index (χ0v) is 7.61. The van der Waals surface area contributed by atoms with Crippen LogP contribution in [-0.4, -0.2) is 11.7 Å². The summed E-state index contributed by atoms with van der Waals surface area (Å²) in [6.45, 7) is 3.67. The van der Waals surface area contributed by atoms with Crippen LogP contribution in [0.4, 0.5) is 0 Å². The van der Waals surface area contributed by atoms with Gasteiger partial charge in [0.15, 0.2) is 0 Å². The molecular formula is C12H14O. The molecule has 0 aliphatic rings. The van der Waals surface area contributed by atoms with Gasteiger partial charge in [-0.3, -0.25) is 0 Å². The molecule has 0 radical (unpaired) electrons. The third-order valence-electron chi connectivity index (χ3n) is 2.04. The summed E-state index contributed by atoms with van der Waals surface area (Å²) in [5.41, 5.74) is 3.88. The molecule has 0 spiro atoms. The van der Waals surface area contributed by atoms with E-state index in [0.717, 1.165) is 12.0 Å². The van der Waals surface area contributed by atoms with E-state index in [2.05, 4.69) is 12.3 Å². The molecule has 1 aromatic rings. The zero-order valence-electron chi connectivity index (χ0n) is 7.61. The highest BCUT2D eigenvalue weighted by atomic mass is 16.3. The predicted molar refractivity (Wildman–Crippen MR) is 54.6 cm³/mol. The van der Waals surface area contributed by atoms with Crippen molar-refractivity contribution in [3.05, 3.63) is 54.3 Å². The van der Waals surface area contributed by atoms with Crippen molar-refractivity contribution in [3.8, 4) is 0 Å². The Labute approximate surface area is 79.0 Å². The lowest BCUT2D eigenvalue weighted by Crippen LogP contribution is -2.02. The molecule has 0 aliphatic carbocycles. The second-order valence-electron chi connectivity index (χ2n) is 2.93. The van der Waals surface area contributed by atoms with Crippen LogP contribution in [0, 0.1) is 0 Å². The Morgan fingerprint density at radius 2 is 2.08 bits per heavy atom. The van der Waals surface area contributed by atoms with Gasteiger partial charge in [0.25, 0.3) is 0 Å². The Bertz CT molecular complexity index is 283. The summed E-state index contributed by atoms with van der Waals surface area (Å²) in [5.74, 6) is 0.176. The van der Waals surface area contributed by atoms with Gasteiger partial charge in [-0.15, -0.1) is 5.73 Å². The molecule has 0 saturated heterocycles. The van der Waals surface area contributed by atoms with Gasteiger partial charge in [-0.25, -0.2) is 0 Å². The van der Waals surface area contributed by atoms with Crippen LogP contribution in [0.3, 0.4) is 0 Å². The van der Waals surface area contributed by atoms with Gasteiger partial charge in [-0.05, 0) is 18.1 Å². The highest BCUT2D eigenvalue weighted by Crippen LogP contribution is 2.18. The molecule has 13 heavy (non-hydrogen) atoms. The van der Waals surface area contributed by atoms with E-state index in [9.17, 15) is 0 Å². The summed E-state index contributed by atoms with van der Waals surface area (Å²) >= 11 is 0. The molecule has 1 rings (SSSR count).